The van der Waals surface area contributed by atoms with Gasteiger partial charge in [-0.15, -0.1) is 0 Å². The highest BCUT2D eigenvalue weighted by molar-refractivity contribution is 6.00. The molecule has 1 saturated heterocycles. The second-order valence-corrected chi connectivity index (χ2v) is 5.71. The minimum Gasteiger partial charge on any atom is -0.380 e. The van der Waals surface area contributed by atoms with Crippen molar-refractivity contribution in [3.8, 4) is 0 Å². The lowest BCUT2D eigenvalue weighted by molar-refractivity contribution is -0.160. The lowest BCUT2D eigenvalue weighted by Crippen LogP contribution is -2.71. The fourth-order valence-corrected chi connectivity index (χ4v) is 3.16. The van der Waals surface area contributed by atoms with Crippen molar-refractivity contribution in [2.75, 3.05) is 19.8 Å². The van der Waals surface area contributed by atoms with E-state index in [1.807, 2.05) is 20.8 Å². The van der Waals surface area contributed by atoms with Gasteiger partial charge in [0.25, 0.3) is 0 Å². The maximum atomic E-state index is 12.7. The van der Waals surface area contributed by atoms with E-state index < -0.39 is 5.54 Å². The third-order valence-electron chi connectivity index (χ3n) is 4.68. The molecule has 1 unspecified atom stereocenters. The number of carbonyl (C=O) groups is 2. The van der Waals surface area contributed by atoms with Crippen molar-refractivity contribution in [1.82, 2.24) is 10.2 Å². The van der Waals surface area contributed by atoms with Crippen molar-refractivity contribution in [3.63, 3.8) is 0 Å². The first-order valence-corrected chi connectivity index (χ1v) is 7.80. The summed E-state index contributed by atoms with van der Waals surface area (Å²) in [4.78, 5) is 27.1. The largest absolute Gasteiger partial charge is 0.380 e. The summed E-state index contributed by atoms with van der Waals surface area (Å²) in [5.74, 6) is 0.429. The van der Waals surface area contributed by atoms with Crippen LogP contribution in [0.4, 0.5) is 0 Å². The molecule has 0 aromatic carbocycles. The van der Waals surface area contributed by atoms with E-state index in [1.54, 1.807) is 4.90 Å². The van der Waals surface area contributed by atoms with Gasteiger partial charge in [-0.05, 0) is 38.5 Å². The number of rotatable bonds is 7. The number of carbonyl (C=O) groups excluding carboxylic acids is 2. The van der Waals surface area contributed by atoms with E-state index in [0.29, 0.717) is 38.5 Å². The smallest absolute Gasteiger partial charge is 0.246 e. The topological polar surface area (TPSA) is 58.6 Å². The van der Waals surface area contributed by atoms with Crippen LogP contribution >= 0.6 is 0 Å². The van der Waals surface area contributed by atoms with Gasteiger partial charge in [-0.1, -0.05) is 13.8 Å². The van der Waals surface area contributed by atoms with Crippen molar-refractivity contribution in [1.29, 1.82) is 0 Å². The second-order valence-electron chi connectivity index (χ2n) is 5.71. The molecule has 1 aliphatic carbocycles. The summed E-state index contributed by atoms with van der Waals surface area (Å²) in [6.45, 7) is 7.51. The Hall–Kier alpha value is -1.10. The second kappa shape index (κ2) is 6.12. The molecule has 0 radical (unpaired) electrons. The van der Waals surface area contributed by atoms with Gasteiger partial charge in [-0.3, -0.25) is 9.59 Å². The molecule has 0 spiro atoms. The van der Waals surface area contributed by atoms with Gasteiger partial charge in [0.15, 0.2) is 0 Å². The quantitative estimate of drug-likeness (QED) is 0.716. The highest BCUT2D eigenvalue weighted by Gasteiger charge is 2.53. The number of ether oxygens (including phenoxy) is 1. The summed E-state index contributed by atoms with van der Waals surface area (Å²) >= 11 is 0. The van der Waals surface area contributed by atoms with E-state index in [1.165, 1.54) is 0 Å². The zero-order chi connectivity index (χ0) is 14.8. The third-order valence-corrected chi connectivity index (χ3v) is 4.68. The van der Waals surface area contributed by atoms with Gasteiger partial charge in [0.05, 0.1) is 6.61 Å². The SMILES string of the molecule is CCOCCN1C(=O)C(C2CC2)NC(=O)C1(CC)CC. The molecule has 1 saturated carbocycles. The van der Waals surface area contributed by atoms with Crippen LogP contribution in [0.5, 0.6) is 0 Å². The van der Waals surface area contributed by atoms with E-state index in [2.05, 4.69) is 5.32 Å². The maximum Gasteiger partial charge on any atom is 0.246 e. The minimum atomic E-state index is -0.695. The van der Waals surface area contributed by atoms with Gasteiger partial charge in [-0.2, -0.15) is 0 Å². The Morgan fingerprint density at radius 3 is 2.40 bits per heavy atom. The molecule has 114 valence electrons. The summed E-state index contributed by atoms with van der Waals surface area (Å²) in [6.07, 6.45) is 3.37. The van der Waals surface area contributed by atoms with Crippen LogP contribution in [0.15, 0.2) is 0 Å². The van der Waals surface area contributed by atoms with Crippen LogP contribution in [0.1, 0.15) is 46.5 Å². The molecule has 0 aromatic heterocycles. The summed E-state index contributed by atoms with van der Waals surface area (Å²) in [5.41, 5.74) is -0.695. The first-order chi connectivity index (χ1) is 9.60. The fraction of sp³-hybridized carbons (Fsp3) is 0.867. The Bertz CT molecular complexity index is 375. The zero-order valence-corrected chi connectivity index (χ0v) is 12.8. The van der Waals surface area contributed by atoms with Crippen molar-refractivity contribution in [2.24, 2.45) is 5.92 Å². The van der Waals surface area contributed by atoms with Crippen LogP contribution in [-0.2, 0) is 14.3 Å². The summed E-state index contributed by atoms with van der Waals surface area (Å²) in [6, 6.07) is -0.310. The Balaban J connectivity index is 2.20. The van der Waals surface area contributed by atoms with E-state index in [9.17, 15) is 9.59 Å². The average Bonchev–Trinajstić information content (AvgIpc) is 3.27. The van der Waals surface area contributed by atoms with Gasteiger partial charge < -0.3 is 15.0 Å². The van der Waals surface area contributed by atoms with Gasteiger partial charge >= 0.3 is 0 Å². The summed E-state index contributed by atoms with van der Waals surface area (Å²) in [5, 5.41) is 2.97. The molecular weight excluding hydrogens is 256 g/mol. The van der Waals surface area contributed by atoms with E-state index in [-0.39, 0.29) is 17.9 Å². The number of hydrogen-bond donors (Lipinski definition) is 1. The van der Waals surface area contributed by atoms with Gasteiger partial charge in [0.1, 0.15) is 11.6 Å². The number of piperazine rings is 1. The van der Waals surface area contributed by atoms with Crippen molar-refractivity contribution < 1.29 is 14.3 Å². The predicted octanol–water partition coefficient (Wildman–Crippen LogP) is 1.32. The van der Waals surface area contributed by atoms with Crippen LogP contribution in [0.3, 0.4) is 0 Å². The molecule has 2 amide bonds. The Morgan fingerprint density at radius 2 is 1.90 bits per heavy atom. The van der Waals surface area contributed by atoms with Crippen LogP contribution in [-0.4, -0.2) is 48.1 Å². The molecule has 1 aliphatic heterocycles. The van der Waals surface area contributed by atoms with Crippen LogP contribution in [0.25, 0.3) is 0 Å². The molecule has 1 N–H and O–H groups in total. The van der Waals surface area contributed by atoms with E-state index >= 15 is 0 Å². The Kier molecular flexibility index (Phi) is 4.68. The first kappa shape index (κ1) is 15.3. The third kappa shape index (κ3) is 2.55. The van der Waals surface area contributed by atoms with Crippen LogP contribution in [0.2, 0.25) is 0 Å². The number of nitrogens with zero attached hydrogens (tertiary/aromatic N) is 1. The minimum absolute atomic E-state index is 0.00972. The fourth-order valence-electron chi connectivity index (χ4n) is 3.16. The van der Waals surface area contributed by atoms with E-state index in [0.717, 1.165) is 12.8 Å². The molecule has 5 heteroatoms. The summed E-state index contributed by atoms with van der Waals surface area (Å²) < 4.78 is 5.39. The highest BCUT2D eigenvalue weighted by atomic mass is 16.5. The molecule has 5 nitrogen and oxygen atoms in total. The monoisotopic (exact) mass is 282 g/mol. The van der Waals surface area contributed by atoms with E-state index in [4.69, 9.17) is 4.74 Å². The molecule has 1 atom stereocenters. The highest BCUT2D eigenvalue weighted by Crippen LogP contribution is 2.38. The molecule has 1 heterocycles. The standard InChI is InChI=1S/C15H26N2O3/c1-4-15(5-2)14(19)16-12(11-7-8-11)13(18)17(15)9-10-20-6-3/h11-12H,4-10H2,1-3H3,(H,16,19). The Morgan fingerprint density at radius 1 is 1.25 bits per heavy atom. The number of nitrogens with one attached hydrogen (secondary N) is 1. The van der Waals surface area contributed by atoms with Crippen molar-refractivity contribution >= 4 is 11.8 Å². The normalized spacial score (nSPS) is 25.8. The molecule has 2 fully saturated rings. The van der Waals surface area contributed by atoms with Gasteiger partial charge in [-0.25, -0.2) is 0 Å². The number of hydrogen-bond acceptors (Lipinski definition) is 3. The molecular formula is C15H26N2O3. The Labute approximate surface area is 121 Å². The van der Waals surface area contributed by atoms with Crippen molar-refractivity contribution in [3.05, 3.63) is 0 Å². The lowest BCUT2D eigenvalue weighted by Gasteiger charge is -2.47. The zero-order valence-electron chi connectivity index (χ0n) is 12.8. The van der Waals surface area contributed by atoms with Crippen LogP contribution < -0.4 is 5.32 Å². The molecule has 2 rings (SSSR count). The first-order valence-electron chi connectivity index (χ1n) is 7.80. The maximum absolute atomic E-state index is 12.7. The summed E-state index contributed by atoms with van der Waals surface area (Å²) in [7, 11) is 0. The predicted molar refractivity (Wildman–Crippen MR) is 76.2 cm³/mol. The van der Waals surface area contributed by atoms with Gasteiger partial charge in [0.2, 0.25) is 11.8 Å². The van der Waals surface area contributed by atoms with Crippen molar-refractivity contribution in [2.45, 2.75) is 58.0 Å². The molecule has 2 aliphatic rings. The molecule has 20 heavy (non-hydrogen) atoms. The van der Waals surface area contributed by atoms with Gasteiger partial charge in [0, 0.05) is 13.2 Å². The van der Waals surface area contributed by atoms with Crippen LogP contribution in [0, 0.1) is 5.92 Å². The lowest BCUT2D eigenvalue weighted by atomic mass is 9.85. The number of amides is 2. The average molecular weight is 282 g/mol. The molecule has 0 bridgehead atoms. The molecule has 0 aromatic rings.